The van der Waals surface area contributed by atoms with E-state index in [0.29, 0.717) is 18.9 Å². The number of carbonyl (C=O) groups excluding carboxylic acids is 2. The van der Waals surface area contributed by atoms with Gasteiger partial charge in [0, 0.05) is 6.54 Å². The van der Waals surface area contributed by atoms with Crippen LogP contribution in [0.2, 0.25) is 0 Å². The molecule has 0 aromatic heterocycles. The molecule has 0 rings (SSSR count). The van der Waals surface area contributed by atoms with Crippen LogP contribution in [-0.4, -0.2) is 30.3 Å². The van der Waals surface area contributed by atoms with Crippen LogP contribution >= 0.6 is 0 Å². The van der Waals surface area contributed by atoms with Gasteiger partial charge in [-0.15, -0.1) is 0 Å². The number of hydrogen-bond donors (Lipinski definition) is 1. The smallest absolute Gasteiger partial charge is 0.237 e. The molecule has 64 valence electrons. The van der Waals surface area contributed by atoms with E-state index in [4.69, 9.17) is 5.73 Å². The van der Waals surface area contributed by atoms with Gasteiger partial charge in [0.25, 0.3) is 0 Å². The standard InChI is InChI=1S/C7H14N2O2/c1-6(2)3-9(5-10)4-7(8)11/h5-6H,3-4H2,1-2H3,(H2,8,11). The van der Waals surface area contributed by atoms with Crippen LogP contribution in [0.3, 0.4) is 0 Å². The third-order valence-corrected chi connectivity index (χ3v) is 1.11. The Hall–Kier alpha value is -1.06. The number of amides is 2. The number of rotatable bonds is 5. The van der Waals surface area contributed by atoms with Crippen molar-refractivity contribution in [1.82, 2.24) is 4.90 Å². The minimum atomic E-state index is -0.474. The zero-order chi connectivity index (χ0) is 8.85. The van der Waals surface area contributed by atoms with Gasteiger partial charge in [-0.25, -0.2) is 0 Å². The van der Waals surface area contributed by atoms with Crippen LogP contribution in [0.1, 0.15) is 13.8 Å². The predicted octanol–water partition coefficient (Wildman–Crippen LogP) is -0.414. The minimum Gasteiger partial charge on any atom is -0.368 e. The monoisotopic (exact) mass is 158 g/mol. The predicted molar refractivity (Wildman–Crippen MR) is 41.7 cm³/mol. The molecule has 11 heavy (non-hydrogen) atoms. The van der Waals surface area contributed by atoms with Crippen molar-refractivity contribution in [1.29, 1.82) is 0 Å². The summed E-state index contributed by atoms with van der Waals surface area (Å²) in [6, 6.07) is 0. The first-order chi connectivity index (χ1) is 5.06. The van der Waals surface area contributed by atoms with Crippen LogP contribution in [0.25, 0.3) is 0 Å². The Kier molecular flexibility index (Phi) is 4.26. The molecule has 0 aliphatic rings. The first-order valence-electron chi connectivity index (χ1n) is 3.54. The molecule has 0 aliphatic carbocycles. The van der Waals surface area contributed by atoms with Gasteiger partial charge in [0.1, 0.15) is 0 Å². The summed E-state index contributed by atoms with van der Waals surface area (Å²) in [6.45, 7) is 4.53. The van der Waals surface area contributed by atoms with Crippen LogP contribution in [0, 0.1) is 5.92 Å². The average molecular weight is 158 g/mol. The maximum Gasteiger partial charge on any atom is 0.237 e. The third kappa shape index (κ3) is 5.39. The molecule has 0 spiro atoms. The lowest BCUT2D eigenvalue weighted by Crippen LogP contribution is -2.35. The zero-order valence-electron chi connectivity index (χ0n) is 6.91. The van der Waals surface area contributed by atoms with E-state index in [1.54, 1.807) is 0 Å². The first kappa shape index (κ1) is 9.94. The van der Waals surface area contributed by atoms with E-state index in [1.807, 2.05) is 13.8 Å². The Morgan fingerprint density at radius 2 is 2.18 bits per heavy atom. The number of carbonyl (C=O) groups is 2. The summed E-state index contributed by atoms with van der Waals surface area (Å²) in [5.41, 5.74) is 4.91. The van der Waals surface area contributed by atoms with Gasteiger partial charge in [0.2, 0.25) is 12.3 Å². The van der Waals surface area contributed by atoms with Crippen molar-refractivity contribution in [3.05, 3.63) is 0 Å². The van der Waals surface area contributed by atoms with Crippen molar-refractivity contribution < 1.29 is 9.59 Å². The molecule has 0 unspecified atom stereocenters. The Bertz CT molecular complexity index is 145. The maximum atomic E-state index is 10.4. The van der Waals surface area contributed by atoms with E-state index in [2.05, 4.69) is 0 Å². The quantitative estimate of drug-likeness (QED) is 0.553. The summed E-state index contributed by atoms with van der Waals surface area (Å²) < 4.78 is 0. The van der Waals surface area contributed by atoms with Crippen molar-refractivity contribution in [2.75, 3.05) is 13.1 Å². The van der Waals surface area contributed by atoms with Crippen LogP contribution in [-0.2, 0) is 9.59 Å². The van der Waals surface area contributed by atoms with E-state index < -0.39 is 5.91 Å². The number of nitrogens with zero attached hydrogens (tertiary/aromatic N) is 1. The molecule has 0 saturated heterocycles. The largest absolute Gasteiger partial charge is 0.368 e. The molecule has 0 aromatic rings. The third-order valence-electron chi connectivity index (χ3n) is 1.11. The number of hydrogen-bond acceptors (Lipinski definition) is 2. The summed E-state index contributed by atoms with van der Waals surface area (Å²) in [4.78, 5) is 22.0. The highest BCUT2D eigenvalue weighted by atomic mass is 16.2. The van der Waals surface area contributed by atoms with Crippen molar-refractivity contribution in [2.24, 2.45) is 11.7 Å². The van der Waals surface area contributed by atoms with E-state index in [9.17, 15) is 9.59 Å². The normalized spacial score (nSPS) is 9.73. The maximum absolute atomic E-state index is 10.4. The molecule has 0 heterocycles. The van der Waals surface area contributed by atoms with Crippen molar-refractivity contribution in [3.8, 4) is 0 Å². The molecule has 0 saturated carbocycles. The Labute approximate surface area is 66.4 Å². The summed E-state index contributed by atoms with van der Waals surface area (Å²) >= 11 is 0. The molecular weight excluding hydrogens is 144 g/mol. The highest BCUT2D eigenvalue weighted by Crippen LogP contribution is 1.94. The van der Waals surface area contributed by atoms with Gasteiger partial charge in [-0.1, -0.05) is 13.8 Å². The van der Waals surface area contributed by atoms with Crippen LogP contribution in [0.15, 0.2) is 0 Å². The van der Waals surface area contributed by atoms with Crippen molar-refractivity contribution in [3.63, 3.8) is 0 Å². The van der Waals surface area contributed by atoms with Gasteiger partial charge >= 0.3 is 0 Å². The SMILES string of the molecule is CC(C)CN(C=O)CC(N)=O. The van der Waals surface area contributed by atoms with E-state index in [-0.39, 0.29) is 6.54 Å². The fourth-order valence-corrected chi connectivity index (χ4v) is 0.814. The lowest BCUT2D eigenvalue weighted by molar-refractivity contribution is -0.126. The van der Waals surface area contributed by atoms with E-state index in [0.717, 1.165) is 0 Å². The topological polar surface area (TPSA) is 63.4 Å². The highest BCUT2D eigenvalue weighted by molar-refractivity contribution is 5.77. The van der Waals surface area contributed by atoms with Crippen molar-refractivity contribution >= 4 is 12.3 Å². The molecular formula is C7H14N2O2. The molecule has 2 amide bonds. The molecule has 4 nitrogen and oxygen atoms in total. The van der Waals surface area contributed by atoms with Crippen LogP contribution < -0.4 is 5.73 Å². The lowest BCUT2D eigenvalue weighted by Gasteiger charge is -2.16. The molecule has 0 aromatic carbocycles. The van der Waals surface area contributed by atoms with Crippen LogP contribution in [0.5, 0.6) is 0 Å². The second-order valence-corrected chi connectivity index (χ2v) is 2.90. The molecule has 4 heteroatoms. The Balaban J connectivity index is 3.76. The summed E-state index contributed by atoms with van der Waals surface area (Å²) in [5.74, 6) is -0.114. The van der Waals surface area contributed by atoms with Gasteiger partial charge in [-0.3, -0.25) is 9.59 Å². The number of nitrogens with two attached hydrogens (primary N) is 1. The Morgan fingerprint density at radius 1 is 1.64 bits per heavy atom. The van der Waals surface area contributed by atoms with Crippen molar-refractivity contribution in [2.45, 2.75) is 13.8 Å². The van der Waals surface area contributed by atoms with Crippen LogP contribution in [0.4, 0.5) is 0 Å². The second kappa shape index (κ2) is 4.71. The summed E-state index contributed by atoms with van der Waals surface area (Å²) in [5, 5.41) is 0. The average Bonchev–Trinajstić information content (AvgIpc) is 1.84. The molecule has 2 N–H and O–H groups in total. The molecule has 0 radical (unpaired) electrons. The van der Waals surface area contributed by atoms with Gasteiger partial charge in [-0.2, -0.15) is 0 Å². The minimum absolute atomic E-state index is 0.0156. The van der Waals surface area contributed by atoms with Gasteiger partial charge in [0.15, 0.2) is 0 Å². The van der Waals surface area contributed by atoms with Gasteiger partial charge < -0.3 is 10.6 Å². The second-order valence-electron chi connectivity index (χ2n) is 2.90. The summed E-state index contributed by atoms with van der Waals surface area (Å²) in [6.07, 6.45) is 0.644. The molecule has 0 bridgehead atoms. The van der Waals surface area contributed by atoms with E-state index in [1.165, 1.54) is 4.90 Å². The highest BCUT2D eigenvalue weighted by Gasteiger charge is 2.06. The first-order valence-corrected chi connectivity index (χ1v) is 3.54. The molecule has 0 aliphatic heterocycles. The van der Waals surface area contributed by atoms with Gasteiger partial charge in [0.05, 0.1) is 6.54 Å². The zero-order valence-corrected chi connectivity index (χ0v) is 6.91. The lowest BCUT2D eigenvalue weighted by atomic mass is 10.2. The molecule has 0 fully saturated rings. The Morgan fingerprint density at radius 3 is 2.45 bits per heavy atom. The van der Waals surface area contributed by atoms with E-state index >= 15 is 0 Å². The fourth-order valence-electron chi connectivity index (χ4n) is 0.814. The molecule has 0 atom stereocenters. The summed E-state index contributed by atoms with van der Waals surface area (Å²) in [7, 11) is 0. The fraction of sp³-hybridized carbons (Fsp3) is 0.714. The van der Waals surface area contributed by atoms with Gasteiger partial charge in [-0.05, 0) is 5.92 Å². The number of primary amides is 1.